The number of alkyl halides is 3. The van der Waals surface area contributed by atoms with Crippen LogP contribution in [0.1, 0.15) is 33.2 Å². The van der Waals surface area contributed by atoms with E-state index in [-0.39, 0.29) is 21.8 Å². The maximum Gasteiger partial charge on any atom is 0.391 e. The van der Waals surface area contributed by atoms with Gasteiger partial charge in [0.2, 0.25) is 0 Å². The molecule has 0 radical (unpaired) electrons. The molecule has 1 N–H and O–H groups in total. The number of rotatable bonds is 4. The summed E-state index contributed by atoms with van der Waals surface area (Å²) in [5.41, 5.74) is -0.113. The van der Waals surface area contributed by atoms with Gasteiger partial charge in [-0.25, -0.2) is 4.68 Å². The molecule has 0 aliphatic heterocycles. The predicted molar refractivity (Wildman–Crippen MR) is 70.3 cm³/mol. The van der Waals surface area contributed by atoms with Crippen molar-refractivity contribution >= 4 is 21.6 Å². The van der Waals surface area contributed by atoms with Gasteiger partial charge >= 0.3 is 6.18 Å². The molecule has 0 aliphatic carbocycles. The van der Waals surface area contributed by atoms with Gasteiger partial charge < -0.3 is 5.32 Å². The summed E-state index contributed by atoms with van der Waals surface area (Å²) in [6.45, 7) is 4.98. The van der Waals surface area contributed by atoms with E-state index in [2.05, 4.69) is 26.3 Å². The third kappa shape index (κ3) is 4.52. The minimum atomic E-state index is -4.25. The molecule has 0 saturated carbocycles. The Balaban J connectivity index is 2.92. The summed E-state index contributed by atoms with van der Waals surface area (Å²) in [5.74, 6) is 0. The normalized spacial score (nSPS) is 13.7. The molecular formula is C11H15BrF3N3O. The molecule has 1 atom stereocenters. The largest absolute Gasteiger partial charge is 0.391 e. The summed E-state index contributed by atoms with van der Waals surface area (Å²) >= 11 is 3.09. The van der Waals surface area contributed by atoms with E-state index in [9.17, 15) is 18.0 Å². The van der Waals surface area contributed by atoms with Gasteiger partial charge in [-0.15, -0.1) is 0 Å². The topological polar surface area (TPSA) is 46.9 Å². The lowest BCUT2D eigenvalue weighted by Crippen LogP contribution is -2.29. The molecule has 19 heavy (non-hydrogen) atoms. The van der Waals surface area contributed by atoms with Gasteiger partial charge in [-0.3, -0.25) is 4.79 Å². The summed E-state index contributed by atoms with van der Waals surface area (Å²) < 4.78 is 38.1. The highest BCUT2D eigenvalue weighted by Crippen LogP contribution is 2.25. The summed E-state index contributed by atoms with van der Waals surface area (Å²) in [6, 6.07) is -0.960. The van der Waals surface area contributed by atoms with Crippen molar-refractivity contribution in [3.8, 4) is 0 Å². The van der Waals surface area contributed by atoms with Crippen molar-refractivity contribution in [3.63, 3.8) is 0 Å². The van der Waals surface area contributed by atoms with E-state index in [4.69, 9.17) is 0 Å². The van der Waals surface area contributed by atoms with Crippen LogP contribution in [0.15, 0.2) is 15.5 Å². The molecule has 0 spiro atoms. The summed E-state index contributed by atoms with van der Waals surface area (Å²) in [6.07, 6.45) is -3.88. The highest BCUT2D eigenvalue weighted by Gasteiger charge is 2.30. The number of anilines is 1. The van der Waals surface area contributed by atoms with E-state index in [1.807, 2.05) is 0 Å². The van der Waals surface area contributed by atoms with Crippen molar-refractivity contribution in [1.82, 2.24) is 9.78 Å². The Bertz CT molecular complexity index is 499. The fraction of sp³-hybridized carbons (Fsp3) is 0.636. The Morgan fingerprint density at radius 3 is 2.47 bits per heavy atom. The molecule has 1 aromatic heterocycles. The summed E-state index contributed by atoms with van der Waals surface area (Å²) in [7, 11) is 0. The van der Waals surface area contributed by atoms with Gasteiger partial charge in [0.15, 0.2) is 0 Å². The van der Waals surface area contributed by atoms with Gasteiger partial charge in [-0.05, 0) is 36.7 Å². The molecule has 108 valence electrons. The molecule has 1 unspecified atom stereocenters. The Morgan fingerprint density at radius 1 is 1.42 bits per heavy atom. The summed E-state index contributed by atoms with van der Waals surface area (Å²) in [5, 5.41) is 6.55. The van der Waals surface area contributed by atoms with E-state index < -0.39 is 18.6 Å². The van der Waals surface area contributed by atoms with Crippen LogP contribution in [0.25, 0.3) is 0 Å². The zero-order valence-corrected chi connectivity index (χ0v) is 12.3. The molecule has 0 aromatic carbocycles. The van der Waals surface area contributed by atoms with Crippen LogP contribution in [0.4, 0.5) is 18.9 Å². The van der Waals surface area contributed by atoms with E-state index in [0.29, 0.717) is 0 Å². The third-order valence-corrected chi connectivity index (χ3v) is 3.14. The minimum Gasteiger partial charge on any atom is -0.380 e. The smallest absolute Gasteiger partial charge is 0.380 e. The predicted octanol–water partition coefficient (Wildman–Crippen LogP) is 3.34. The van der Waals surface area contributed by atoms with Crippen LogP contribution in [0.5, 0.6) is 0 Å². The highest BCUT2D eigenvalue weighted by atomic mass is 79.9. The first-order chi connectivity index (χ1) is 8.61. The van der Waals surface area contributed by atoms with Crippen LogP contribution in [-0.4, -0.2) is 22.0 Å². The monoisotopic (exact) mass is 341 g/mol. The van der Waals surface area contributed by atoms with Crippen molar-refractivity contribution in [2.24, 2.45) is 0 Å². The molecule has 0 bridgehead atoms. The van der Waals surface area contributed by atoms with Gasteiger partial charge in [0.1, 0.15) is 4.47 Å². The molecular weight excluding hydrogens is 327 g/mol. The lowest BCUT2D eigenvalue weighted by molar-refractivity contribution is -0.136. The van der Waals surface area contributed by atoms with Gasteiger partial charge in [0, 0.05) is 6.04 Å². The first-order valence-electron chi connectivity index (χ1n) is 5.72. The number of nitrogens with zero attached hydrogens (tertiary/aromatic N) is 2. The Labute approximate surface area is 117 Å². The van der Waals surface area contributed by atoms with E-state index in [1.165, 1.54) is 17.8 Å². The minimum absolute atomic E-state index is 0.120. The highest BCUT2D eigenvalue weighted by molar-refractivity contribution is 9.10. The average molecular weight is 342 g/mol. The first kappa shape index (κ1) is 16.0. The molecule has 0 fully saturated rings. The second-order valence-electron chi connectivity index (χ2n) is 4.58. The van der Waals surface area contributed by atoms with Crippen LogP contribution in [-0.2, 0) is 0 Å². The van der Waals surface area contributed by atoms with Crippen LogP contribution in [0, 0.1) is 0 Å². The van der Waals surface area contributed by atoms with E-state index in [0.717, 1.165) is 0 Å². The van der Waals surface area contributed by atoms with E-state index >= 15 is 0 Å². The standard InChI is InChI=1S/C11H15BrF3N3O/c1-6(2)18-10(19)9(12)8(5-16-18)17-7(3)4-11(13,14)15/h5-7,17H,4H2,1-3H3. The zero-order chi connectivity index (χ0) is 14.8. The fourth-order valence-corrected chi connectivity index (χ4v) is 1.98. The summed E-state index contributed by atoms with van der Waals surface area (Å²) in [4.78, 5) is 11.9. The van der Waals surface area contributed by atoms with Gasteiger partial charge in [-0.1, -0.05) is 0 Å². The molecule has 1 heterocycles. The van der Waals surface area contributed by atoms with Gasteiger partial charge in [0.25, 0.3) is 5.56 Å². The average Bonchev–Trinajstić information content (AvgIpc) is 2.21. The second kappa shape index (κ2) is 5.94. The number of aromatic nitrogens is 2. The lowest BCUT2D eigenvalue weighted by Gasteiger charge is -2.18. The van der Waals surface area contributed by atoms with Gasteiger partial charge in [-0.2, -0.15) is 18.3 Å². The number of halogens is 4. The molecule has 0 amide bonds. The molecule has 0 saturated heterocycles. The van der Waals surface area contributed by atoms with Crippen molar-refractivity contribution in [2.75, 3.05) is 5.32 Å². The molecule has 8 heteroatoms. The molecule has 1 aromatic rings. The van der Waals surface area contributed by atoms with E-state index in [1.54, 1.807) is 13.8 Å². The van der Waals surface area contributed by atoms with Gasteiger partial charge in [0.05, 0.1) is 24.3 Å². The Kier molecular flexibility index (Phi) is 5.00. The van der Waals surface area contributed by atoms with Crippen LogP contribution < -0.4 is 10.9 Å². The lowest BCUT2D eigenvalue weighted by atomic mass is 10.2. The zero-order valence-electron chi connectivity index (χ0n) is 10.8. The Morgan fingerprint density at radius 2 is 2.00 bits per heavy atom. The molecule has 4 nitrogen and oxygen atoms in total. The maximum atomic E-state index is 12.2. The quantitative estimate of drug-likeness (QED) is 0.913. The SMILES string of the molecule is CC(CC(F)(F)F)Nc1cnn(C(C)C)c(=O)c1Br. The first-order valence-corrected chi connectivity index (χ1v) is 6.51. The fourth-order valence-electron chi connectivity index (χ4n) is 1.58. The second-order valence-corrected chi connectivity index (χ2v) is 5.37. The van der Waals surface area contributed by atoms with Crippen molar-refractivity contribution < 1.29 is 13.2 Å². The number of nitrogens with one attached hydrogen (secondary N) is 1. The maximum absolute atomic E-state index is 12.2. The number of hydrogen-bond donors (Lipinski definition) is 1. The Hall–Kier alpha value is -1.05. The van der Waals surface area contributed by atoms with Crippen molar-refractivity contribution in [2.45, 2.75) is 45.5 Å². The number of hydrogen-bond acceptors (Lipinski definition) is 3. The third-order valence-electron chi connectivity index (χ3n) is 2.37. The molecule has 1 rings (SSSR count). The van der Waals surface area contributed by atoms with Crippen LogP contribution >= 0.6 is 15.9 Å². The van der Waals surface area contributed by atoms with Crippen molar-refractivity contribution in [3.05, 3.63) is 21.0 Å². The van der Waals surface area contributed by atoms with Crippen LogP contribution in [0.2, 0.25) is 0 Å². The van der Waals surface area contributed by atoms with Crippen LogP contribution in [0.3, 0.4) is 0 Å². The van der Waals surface area contributed by atoms with Crippen molar-refractivity contribution in [1.29, 1.82) is 0 Å². The molecule has 0 aliphatic rings.